The number of benzene rings is 2. The predicted molar refractivity (Wildman–Crippen MR) is 139 cm³/mol. The molecule has 2 aliphatic carbocycles. The summed E-state index contributed by atoms with van der Waals surface area (Å²) >= 11 is 0. The van der Waals surface area contributed by atoms with Crippen LogP contribution < -0.4 is 15.2 Å². The third-order valence-electron chi connectivity index (χ3n) is 8.28. The second kappa shape index (κ2) is 10.0. The Kier molecular flexibility index (Phi) is 7.25. The van der Waals surface area contributed by atoms with Crippen molar-refractivity contribution in [3.63, 3.8) is 0 Å². The van der Waals surface area contributed by atoms with Crippen LogP contribution in [0.15, 0.2) is 36.4 Å². The van der Waals surface area contributed by atoms with Gasteiger partial charge in [0.2, 0.25) is 0 Å². The molecule has 1 heterocycles. The van der Waals surface area contributed by atoms with Crippen molar-refractivity contribution in [2.24, 2.45) is 17.8 Å². The van der Waals surface area contributed by atoms with E-state index in [1.165, 1.54) is 25.7 Å². The maximum Gasteiger partial charge on any atom is 0.343 e. The van der Waals surface area contributed by atoms with Crippen LogP contribution in [0.4, 0.5) is 5.69 Å². The van der Waals surface area contributed by atoms with Crippen molar-refractivity contribution >= 4 is 17.4 Å². The van der Waals surface area contributed by atoms with Crippen LogP contribution in [-0.2, 0) is 0 Å². The Bertz CT molecular complexity index is 1070. The maximum atomic E-state index is 13.0. The molecule has 0 radical (unpaired) electrons. The molecule has 188 valence electrons. The van der Waals surface area contributed by atoms with Gasteiger partial charge in [-0.25, -0.2) is 4.79 Å². The normalized spacial score (nSPS) is 27.9. The zero-order valence-electron chi connectivity index (χ0n) is 20.3. The summed E-state index contributed by atoms with van der Waals surface area (Å²) in [6, 6.07) is 10.2. The molecule has 5 heteroatoms. The first-order valence-corrected chi connectivity index (χ1v) is 12.8. The number of esters is 1. The Balaban J connectivity index is 0.00000289. The Morgan fingerprint density at radius 2 is 1.69 bits per heavy atom. The van der Waals surface area contributed by atoms with E-state index in [-0.39, 0.29) is 13.2 Å². The highest BCUT2D eigenvalue weighted by Crippen LogP contribution is 2.48. The van der Waals surface area contributed by atoms with Crippen LogP contribution in [0.5, 0.6) is 11.5 Å². The fourth-order valence-electron chi connectivity index (χ4n) is 6.31. The Morgan fingerprint density at radius 1 is 1.00 bits per heavy atom. The molecule has 35 heavy (non-hydrogen) atoms. The smallest absolute Gasteiger partial charge is 0.343 e. The van der Waals surface area contributed by atoms with Crippen LogP contribution >= 0.6 is 0 Å². The maximum absolute atomic E-state index is 13.0. The second-order valence-electron chi connectivity index (χ2n) is 10.9. The van der Waals surface area contributed by atoms with Crippen LogP contribution in [0, 0.1) is 24.7 Å². The monoisotopic (exact) mass is 477 g/mol. The number of rotatable bonds is 3. The number of carbonyl (C=O) groups is 2. The highest BCUT2D eigenvalue weighted by molar-refractivity contribution is 6.00. The molecule has 0 aromatic heterocycles. The fourth-order valence-corrected chi connectivity index (χ4v) is 6.31. The number of nitrogen functional groups attached to an aromatic ring is 1. The SMILES string of the molecule is C.Cc1cc(N)cc(C(=O)Oc2ccc3c(c2)OC2(CCC(C4CCC(C)CC4)CC2)CC3=O)c1. The predicted octanol–water partition coefficient (Wildman–Crippen LogP) is 7.15. The van der Waals surface area contributed by atoms with Crippen molar-refractivity contribution in [2.45, 2.75) is 84.7 Å². The molecule has 2 fully saturated rings. The minimum atomic E-state index is -0.477. The summed E-state index contributed by atoms with van der Waals surface area (Å²) in [5.41, 5.74) is 7.85. The van der Waals surface area contributed by atoms with Crippen molar-refractivity contribution in [2.75, 3.05) is 5.73 Å². The lowest BCUT2D eigenvalue weighted by molar-refractivity contribution is -0.00913. The van der Waals surface area contributed by atoms with E-state index in [9.17, 15) is 9.59 Å². The zero-order valence-corrected chi connectivity index (χ0v) is 20.3. The molecule has 3 aliphatic rings. The van der Waals surface area contributed by atoms with Gasteiger partial charge in [-0.05, 0) is 99.1 Å². The lowest BCUT2D eigenvalue weighted by Gasteiger charge is -2.45. The number of Topliss-reactive ketones (excluding diaryl/α,β-unsaturated/α-hetero) is 1. The van der Waals surface area contributed by atoms with E-state index in [1.54, 1.807) is 36.4 Å². The van der Waals surface area contributed by atoms with Gasteiger partial charge in [-0.1, -0.05) is 27.2 Å². The molecule has 5 rings (SSSR count). The van der Waals surface area contributed by atoms with E-state index in [4.69, 9.17) is 15.2 Å². The van der Waals surface area contributed by atoms with Gasteiger partial charge in [-0.2, -0.15) is 0 Å². The lowest BCUT2D eigenvalue weighted by Crippen LogP contribution is -2.45. The second-order valence-corrected chi connectivity index (χ2v) is 10.9. The summed E-state index contributed by atoms with van der Waals surface area (Å²) in [5, 5.41) is 0. The molecule has 1 aliphatic heterocycles. The highest BCUT2D eigenvalue weighted by Gasteiger charge is 2.44. The molecule has 1 spiro atoms. The lowest BCUT2D eigenvalue weighted by atomic mass is 9.67. The standard InChI is InChI=1S/C29H35NO4.CH4/c1-18-3-5-20(6-4-18)21-9-11-29(12-10-21)17-26(31)25-8-7-24(16-27(25)34-29)33-28(32)22-13-19(2)14-23(30)15-22;/h7-8,13-16,18,20-21H,3-6,9-12,17,30H2,1-2H3;1H4. The number of hydrogen-bond donors (Lipinski definition) is 1. The summed E-state index contributed by atoms with van der Waals surface area (Å²) in [5.74, 6) is 3.02. The number of fused-ring (bicyclic) bond motifs is 1. The van der Waals surface area contributed by atoms with Gasteiger partial charge in [-0.3, -0.25) is 4.79 Å². The van der Waals surface area contributed by atoms with Gasteiger partial charge in [0.15, 0.2) is 5.78 Å². The third kappa shape index (κ3) is 5.39. The van der Waals surface area contributed by atoms with Crippen LogP contribution in [0.1, 0.15) is 98.4 Å². The van der Waals surface area contributed by atoms with E-state index < -0.39 is 11.6 Å². The van der Waals surface area contributed by atoms with E-state index in [2.05, 4.69) is 6.92 Å². The van der Waals surface area contributed by atoms with Gasteiger partial charge in [0.25, 0.3) is 0 Å². The number of anilines is 1. The van der Waals surface area contributed by atoms with Gasteiger partial charge in [0, 0.05) is 11.8 Å². The summed E-state index contributed by atoms with van der Waals surface area (Å²) in [7, 11) is 0. The molecule has 2 aromatic carbocycles. The molecular weight excluding hydrogens is 438 g/mol. The molecule has 0 saturated heterocycles. The van der Waals surface area contributed by atoms with E-state index in [0.717, 1.165) is 49.0 Å². The number of ketones is 1. The van der Waals surface area contributed by atoms with Crippen LogP contribution in [0.25, 0.3) is 0 Å². The molecule has 0 amide bonds. The largest absolute Gasteiger partial charge is 0.486 e. The fraction of sp³-hybridized carbons (Fsp3) is 0.533. The number of nitrogens with two attached hydrogens (primary N) is 1. The average Bonchev–Trinajstić information content (AvgIpc) is 2.79. The molecule has 5 nitrogen and oxygen atoms in total. The van der Waals surface area contributed by atoms with Crippen molar-refractivity contribution in [3.8, 4) is 11.5 Å². The first kappa shape index (κ1) is 25.3. The molecule has 0 bridgehead atoms. The number of ether oxygens (including phenoxy) is 2. The quantitative estimate of drug-likeness (QED) is 0.288. The molecule has 2 aromatic rings. The van der Waals surface area contributed by atoms with Crippen LogP contribution in [0.3, 0.4) is 0 Å². The minimum Gasteiger partial charge on any atom is -0.486 e. The zero-order chi connectivity index (χ0) is 23.9. The van der Waals surface area contributed by atoms with Crippen LogP contribution in [0.2, 0.25) is 0 Å². The Hall–Kier alpha value is -2.82. The summed E-state index contributed by atoms with van der Waals surface area (Å²) < 4.78 is 12.1. The summed E-state index contributed by atoms with van der Waals surface area (Å²) in [4.78, 5) is 25.7. The topological polar surface area (TPSA) is 78.6 Å². The summed E-state index contributed by atoms with van der Waals surface area (Å²) in [6.07, 6.45) is 9.94. The number of aryl methyl sites for hydroxylation is 1. The molecular formula is C30H39NO4. The van der Waals surface area contributed by atoms with Crippen molar-refractivity contribution in [1.82, 2.24) is 0 Å². The average molecular weight is 478 g/mol. The molecule has 2 N–H and O–H groups in total. The molecule has 0 atom stereocenters. The summed E-state index contributed by atoms with van der Waals surface area (Å²) in [6.45, 7) is 4.25. The van der Waals surface area contributed by atoms with Gasteiger partial charge < -0.3 is 15.2 Å². The Morgan fingerprint density at radius 3 is 2.37 bits per heavy atom. The number of carbonyl (C=O) groups excluding carboxylic acids is 2. The van der Waals surface area contributed by atoms with E-state index >= 15 is 0 Å². The Labute approximate surface area is 209 Å². The molecule has 0 unspecified atom stereocenters. The van der Waals surface area contributed by atoms with Crippen molar-refractivity contribution < 1.29 is 19.1 Å². The van der Waals surface area contributed by atoms with Crippen molar-refractivity contribution in [1.29, 1.82) is 0 Å². The van der Waals surface area contributed by atoms with Gasteiger partial charge in [-0.15, -0.1) is 0 Å². The van der Waals surface area contributed by atoms with E-state index in [0.29, 0.717) is 34.7 Å². The van der Waals surface area contributed by atoms with Crippen molar-refractivity contribution in [3.05, 3.63) is 53.1 Å². The van der Waals surface area contributed by atoms with Gasteiger partial charge in [0.05, 0.1) is 17.5 Å². The number of hydrogen-bond acceptors (Lipinski definition) is 5. The van der Waals surface area contributed by atoms with Gasteiger partial charge >= 0.3 is 5.97 Å². The van der Waals surface area contributed by atoms with Crippen LogP contribution in [-0.4, -0.2) is 17.4 Å². The highest BCUT2D eigenvalue weighted by atomic mass is 16.5. The molecule has 2 saturated carbocycles. The third-order valence-corrected chi connectivity index (χ3v) is 8.28. The minimum absolute atomic E-state index is 0. The first-order valence-electron chi connectivity index (χ1n) is 12.8. The van der Waals surface area contributed by atoms with Gasteiger partial charge in [0.1, 0.15) is 17.1 Å². The van der Waals surface area contributed by atoms with E-state index in [1.807, 2.05) is 6.92 Å². The first-order chi connectivity index (χ1) is 16.3.